The lowest BCUT2D eigenvalue weighted by Gasteiger charge is -2.07. The van der Waals surface area contributed by atoms with E-state index in [2.05, 4.69) is 5.32 Å². The number of carbonyl (C=O) groups excluding carboxylic acids is 1. The molecule has 0 saturated heterocycles. The van der Waals surface area contributed by atoms with Crippen LogP contribution >= 0.6 is 11.6 Å². The van der Waals surface area contributed by atoms with Gasteiger partial charge in [0, 0.05) is 16.8 Å². The zero-order valence-corrected chi connectivity index (χ0v) is 11.6. The van der Waals surface area contributed by atoms with E-state index in [1.807, 2.05) is 0 Å². The van der Waals surface area contributed by atoms with Crippen molar-refractivity contribution in [3.63, 3.8) is 0 Å². The molecule has 0 aromatic heterocycles. The van der Waals surface area contributed by atoms with Crippen molar-refractivity contribution < 1.29 is 14.1 Å². The summed E-state index contributed by atoms with van der Waals surface area (Å²) in [5.74, 6) is -1.18. The summed E-state index contributed by atoms with van der Waals surface area (Å²) in [7, 11) is 0. The fraction of sp³-hybridized carbons (Fsp3) is 0.0714. The standard InChI is InChI=1S/C14H10ClFN2O3/c1-8-2-4-10(7-12(8)16)17-14(19)11-5-3-9(15)6-13(11)18(20)21/h2-7H,1H3,(H,17,19). The highest BCUT2D eigenvalue weighted by atomic mass is 35.5. The second-order valence-electron chi connectivity index (χ2n) is 4.34. The Bertz CT molecular complexity index is 734. The van der Waals surface area contributed by atoms with Gasteiger partial charge < -0.3 is 5.32 Å². The molecule has 0 radical (unpaired) electrons. The van der Waals surface area contributed by atoms with Crippen LogP contribution in [0, 0.1) is 22.9 Å². The zero-order chi connectivity index (χ0) is 15.6. The van der Waals surface area contributed by atoms with Gasteiger partial charge in [0.15, 0.2) is 0 Å². The molecule has 0 saturated carbocycles. The summed E-state index contributed by atoms with van der Waals surface area (Å²) in [6.07, 6.45) is 0. The molecule has 1 amide bonds. The van der Waals surface area contributed by atoms with Gasteiger partial charge in [-0.15, -0.1) is 0 Å². The Morgan fingerprint density at radius 1 is 1.29 bits per heavy atom. The Balaban J connectivity index is 2.32. The average molecular weight is 309 g/mol. The van der Waals surface area contributed by atoms with Crippen molar-refractivity contribution in [1.29, 1.82) is 0 Å². The van der Waals surface area contributed by atoms with Crippen LogP contribution in [0.15, 0.2) is 36.4 Å². The van der Waals surface area contributed by atoms with Crippen molar-refractivity contribution in [3.8, 4) is 0 Å². The van der Waals surface area contributed by atoms with Crippen LogP contribution in [-0.4, -0.2) is 10.8 Å². The van der Waals surface area contributed by atoms with Crippen LogP contribution in [-0.2, 0) is 0 Å². The number of amides is 1. The number of carbonyl (C=O) groups is 1. The number of nitrogens with zero attached hydrogens (tertiary/aromatic N) is 1. The van der Waals surface area contributed by atoms with Gasteiger partial charge in [-0.1, -0.05) is 17.7 Å². The highest BCUT2D eigenvalue weighted by Gasteiger charge is 2.20. The third-order valence-corrected chi connectivity index (χ3v) is 3.07. The quantitative estimate of drug-likeness (QED) is 0.689. The van der Waals surface area contributed by atoms with Crippen LogP contribution in [0.4, 0.5) is 15.8 Å². The van der Waals surface area contributed by atoms with Crippen LogP contribution in [0.3, 0.4) is 0 Å². The molecule has 0 atom stereocenters. The van der Waals surface area contributed by atoms with E-state index in [0.717, 1.165) is 12.1 Å². The molecule has 1 N–H and O–H groups in total. The average Bonchev–Trinajstić information content (AvgIpc) is 2.42. The molecular weight excluding hydrogens is 299 g/mol. The Morgan fingerprint density at radius 2 is 2.00 bits per heavy atom. The zero-order valence-electron chi connectivity index (χ0n) is 10.9. The molecule has 2 rings (SSSR count). The normalized spacial score (nSPS) is 10.2. The lowest BCUT2D eigenvalue weighted by atomic mass is 10.1. The van der Waals surface area contributed by atoms with E-state index >= 15 is 0 Å². The number of aryl methyl sites for hydroxylation is 1. The second-order valence-corrected chi connectivity index (χ2v) is 4.77. The number of nitrogens with one attached hydrogen (secondary N) is 1. The number of hydrogen-bond donors (Lipinski definition) is 1. The van der Waals surface area contributed by atoms with Crippen LogP contribution in [0.5, 0.6) is 0 Å². The number of nitro groups is 1. The lowest BCUT2D eigenvalue weighted by molar-refractivity contribution is -0.385. The summed E-state index contributed by atoms with van der Waals surface area (Å²) < 4.78 is 13.4. The third-order valence-electron chi connectivity index (χ3n) is 2.83. The smallest absolute Gasteiger partial charge is 0.283 e. The molecule has 21 heavy (non-hydrogen) atoms. The van der Waals surface area contributed by atoms with Gasteiger partial charge in [0.1, 0.15) is 11.4 Å². The monoisotopic (exact) mass is 308 g/mol. The summed E-state index contributed by atoms with van der Waals surface area (Å²) >= 11 is 5.68. The third kappa shape index (κ3) is 3.35. The number of nitro benzene ring substituents is 1. The van der Waals surface area contributed by atoms with E-state index in [9.17, 15) is 19.3 Å². The van der Waals surface area contributed by atoms with Gasteiger partial charge in [0.2, 0.25) is 0 Å². The first-order chi connectivity index (χ1) is 9.88. The molecule has 0 heterocycles. The minimum atomic E-state index is -0.707. The van der Waals surface area contributed by atoms with E-state index in [4.69, 9.17) is 11.6 Å². The van der Waals surface area contributed by atoms with Gasteiger partial charge in [-0.25, -0.2) is 4.39 Å². The Kier molecular flexibility index (Phi) is 4.18. The predicted molar refractivity (Wildman–Crippen MR) is 77.2 cm³/mol. The van der Waals surface area contributed by atoms with E-state index in [1.54, 1.807) is 6.92 Å². The maximum atomic E-state index is 13.4. The molecule has 7 heteroatoms. The van der Waals surface area contributed by atoms with Crippen molar-refractivity contribution in [1.82, 2.24) is 0 Å². The molecule has 5 nitrogen and oxygen atoms in total. The number of halogens is 2. The van der Waals surface area contributed by atoms with Gasteiger partial charge in [0.25, 0.3) is 11.6 Å². The molecule has 2 aromatic carbocycles. The van der Waals surface area contributed by atoms with Crippen LogP contribution in [0.2, 0.25) is 5.02 Å². The predicted octanol–water partition coefficient (Wildman–Crippen LogP) is 3.95. The maximum Gasteiger partial charge on any atom is 0.283 e. The van der Waals surface area contributed by atoms with Crippen LogP contribution in [0.25, 0.3) is 0 Å². The highest BCUT2D eigenvalue weighted by molar-refractivity contribution is 6.31. The van der Waals surface area contributed by atoms with Crippen molar-refractivity contribution >= 4 is 28.9 Å². The molecule has 108 valence electrons. The lowest BCUT2D eigenvalue weighted by Crippen LogP contribution is -2.14. The summed E-state index contributed by atoms with van der Waals surface area (Å²) in [5, 5.41) is 13.5. The molecule has 2 aromatic rings. The van der Waals surface area contributed by atoms with E-state index in [0.29, 0.717) is 5.56 Å². The summed E-state index contributed by atoms with van der Waals surface area (Å²) in [6.45, 7) is 1.59. The van der Waals surface area contributed by atoms with E-state index in [-0.39, 0.29) is 16.3 Å². The van der Waals surface area contributed by atoms with Gasteiger partial charge in [-0.2, -0.15) is 0 Å². The second kappa shape index (κ2) is 5.88. The van der Waals surface area contributed by atoms with Crippen molar-refractivity contribution in [2.45, 2.75) is 6.92 Å². The molecule has 0 bridgehead atoms. The largest absolute Gasteiger partial charge is 0.322 e. The minimum Gasteiger partial charge on any atom is -0.322 e. The summed E-state index contributed by atoms with van der Waals surface area (Å²) in [4.78, 5) is 22.3. The molecule has 0 fully saturated rings. The van der Waals surface area contributed by atoms with Crippen molar-refractivity contribution in [3.05, 3.63) is 68.5 Å². The SMILES string of the molecule is Cc1ccc(NC(=O)c2ccc(Cl)cc2[N+](=O)[O-])cc1F. The number of rotatable bonds is 3. The maximum absolute atomic E-state index is 13.4. The minimum absolute atomic E-state index is 0.148. The highest BCUT2D eigenvalue weighted by Crippen LogP contribution is 2.24. The van der Waals surface area contributed by atoms with E-state index in [1.165, 1.54) is 24.3 Å². The van der Waals surface area contributed by atoms with Gasteiger partial charge in [-0.05, 0) is 36.8 Å². The summed E-state index contributed by atoms with van der Waals surface area (Å²) in [5.41, 5.74) is 0.0933. The Hall–Kier alpha value is -2.47. The van der Waals surface area contributed by atoms with Gasteiger partial charge in [-0.3, -0.25) is 14.9 Å². The van der Waals surface area contributed by atoms with Gasteiger partial charge >= 0.3 is 0 Å². The van der Waals surface area contributed by atoms with Crippen molar-refractivity contribution in [2.24, 2.45) is 0 Å². The molecule has 0 aliphatic heterocycles. The summed E-state index contributed by atoms with van der Waals surface area (Å²) in [6, 6.07) is 7.88. The number of hydrogen-bond acceptors (Lipinski definition) is 3. The van der Waals surface area contributed by atoms with Crippen LogP contribution in [0.1, 0.15) is 15.9 Å². The molecule has 0 aliphatic rings. The fourth-order valence-electron chi connectivity index (χ4n) is 1.72. The molecule has 0 spiro atoms. The Labute approximate surface area is 124 Å². The first-order valence-electron chi connectivity index (χ1n) is 5.90. The van der Waals surface area contributed by atoms with Crippen molar-refractivity contribution in [2.75, 3.05) is 5.32 Å². The number of benzene rings is 2. The van der Waals surface area contributed by atoms with Crippen LogP contribution < -0.4 is 5.32 Å². The first-order valence-corrected chi connectivity index (χ1v) is 6.27. The topological polar surface area (TPSA) is 72.2 Å². The van der Waals surface area contributed by atoms with E-state index < -0.39 is 22.3 Å². The fourth-order valence-corrected chi connectivity index (χ4v) is 1.88. The molecule has 0 aliphatic carbocycles. The molecule has 0 unspecified atom stereocenters. The molecular formula is C14H10ClFN2O3. The first kappa shape index (κ1) is 14.9. The Morgan fingerprint density at radius 3 is 2.62 bits per heavy atom. The van der Waals surface area contributed by atoms with Gasteiger partial charge in [0.05, 0.1) is 4.92 Å². The number of anilines is 1.